The Kier molecular flexibility index (Phi) is 8.69. The van der Waals surface area contributed by atoms with Gasteiger partial charge in [0.05, 0.1) is 18.7 Å². The summed E-state index contributed by atoms with van der Waals surface area (Å²) in [6.07, 6.45) is 1.80. The van der Waals surface area contributed by atoms with Crippen molar-refractivity contribution in [2.24, 2.45) is 0 Å². The summed E-state index contributed by atoms with van der Waals surface area (Å²) in [5.74, 6) is 6.98. The number of aliphatic hydroxyl groups is 1. The number of aliphatic hydroxyl groups excluding tert-OH is 1. The molecule has 0 fully saturated rings. The quantitative estimate of drug-likeness (QED) is 0.307. The second-order valence-electron chi connectivity index (χ2n) is 8.44. The molecule has 0 radical (unpaired) electrons. The van der Waals surface area contributed by atoms with Gasteiger partial charge in [-0.05, 0) is 41.7 Å². The second-order valence-corrected chi connectivity index (χ2v) is 8.44. The molecule has 0 amide bonds. The third-order valence-corrected chi connectivity index (χ3v) is 6.07. The van der Waals surface area contributed by atoms with Gasteiger partial charge in [-0.2, -0.15) is 0 Å². The van der Waals surface area contributed by atoms with Crippen LogP contribution in [0.15, 0.2) is 121 Å². The van der Waals surface area contributed by atoms with Gasteiger partial charge in [0.1, 0.15) is 0 Å². The van der Waals surface area contributed by atoms with Crippen molar-refractivity contribution in [2.75, 3.05) is 6.61 Å². The lowest BCUT2D eigenvalue weighted by Gasteiger charge is -2.35. The van der Waals surface area contributed by atoms with Crippen LogP contribution >= 0.6 is 0 Å². The first-order chi connectivity index (χ1) is 16.8. The number of rotatable bonds is 9. The molecule has 0 bridgehead atoms. The largest absolute Gasteiger partial charge is 0.394 e. The van der Waals surface area contributed by atoms with E-state index in [1.807, 2.05) is 54.6 Å². The van der Waals surface area contributed by atoms with E-state index in [1.165, 1.54) is 11.1 Å². The maximum atomic E-state index is 10.6. The van der Waals surface area contributed by atoms with Gasteiger partial charge in [-0.25, -0.2) is 0 Å². The van der Waals surface area contributed by atoms with Crippen molar-refractivity contribution < 1.29 is 5.11 Å². The summed E-state index contributed by atoms with van der Waals surface area (Å²) in [5.41, 5.74) is 4.62. The van der Waals surface area contributed by atoms with Crippen LogP contribution in [0, 0.1) is 11.8 Å². The maximum absolute atomic E-state index is 10.6. The lowest BCUT2D eigenvalue weighted by atomic mass is 9.98. The Morgan fingerprint density at radius 2 is 1.18 bits per heavy atom. The first kappa shape index (κ1) is 23.5. The molecular weight excluding hydrogens is 414 g/mol. The van der Waals surface area contributed by atoms with E-state index in [9.17, 15) is 5.11 Å². The summed E-state index contributed by atoms with van der Waals surface area (Å²) in [4.78, 5) is 2.36. The van der Waals surface area contributed by atoms with Crippen LogP contribution < -0.4 is 0 Å². The van der Waals surface area contributed by atoms with Crippen LogP contribution in [0.3, 0.4) is 0 Å². The summed E-state index contributed by atoms with van der Waals surface area (Å²) >= 11 is 0. The van der Waals surface area contributed by atoms with Gasteiger partial charge < -0.3 is 5.11 Å². The molecule has 0 heterocycles. The highest BCUT2D eigenvalue weighted by molar-refractivity contribution is 5.35. The Hall–Kier alpha value is -3.64. The number of hydrogen-bond donors (Lipinski definition) is 1. The zero-order valence-corrected chi connectivity index (χ0v) is 19.4. The van der Waals surface area contributed by atoms with Crippen LogP contribution in [-0.2, 0) is 13.0 Å². The van der Waals surface area contributed by atoms with Gasteiger partial charge in [-0.1, -0.05) is 121 Å². The average molecular weight is 446 g/mol. The topological polar surface area (TPSA) is 23.5 Å². The van der Waals surface area contributed by atoms with Crippen molar-refractivity contribution >= 4 is 0 Å². The zero-order chi connectivity index (χ0) is 23.4. The van der Waals surface area contributed by atoms with Crippen LogP contribution in [0.2, 0.25) is 0 Å². The predicted molar refractivity (Wildman–Crippen MR) is 140 cm³/mol. The van der Waals surface area contributed by atoms with Gasteiger partial charge in [0.15, 0.2) is 0 Å². The highest BCUT2D eigenvalue weighted by Gasteiger charge is 2.26. The molecular formula is C32H31NO. The molecule has 0 aromatic heterocycles. The summed E-state index contributed by atoms with van der Waals surface area (Å²) in [7, 11) is 0. The summed E-state index contributed by atoms with van der Waals surface area (Å²) in [6, 6.07) is 41.3. The highest BCUT2D eigenvalue weighted by Crippen LogP contribution is 2.27. The van der Waals surface area contributed by atoms with E-state index in [2.05, 4.69) is 83.5 Å². The molecule has 170 valence electrons. The van der Waals surface area contributed by atoms with E-state index in [-0.39, 0.29) is 18.7 Å². The van der Waals surface area contributed by atoms with Crippen molar-refractivity contribution in [1.29, 1.82) is 0 Å². The molecule has 34 heavy (non-hydrogen) atoms. The lowest BCUT2D eigenvalue weighted by Crippen LogP contribution is -2.39. The molecule has 2 nitrogen and oxygen atoms in total. The molecule has 0 spiro atoms. The van der Waals surface area contributed by atoms with Gasteiger partial charge >= 0.3 is 0 Å². The SMILES string of the molecule is OC[C@@H](c1ccccc1)N(Cc1ccccc1)[C@@H](C#Cc1ccccc1)CCc1ccccc1. The minimum absolute atomic E-state index is 0.0297. The molecule has 0 aliphatic carbocycles. The number of aryl methyl sites for hydroxylation is 1. The third-order valence-electron chi connectivity index (χ3n) is 6.07. The van der Waals surface area contributed by atoms with Gasteiger partial charge in [0, 0.05) is 12.1 Å². The second kappa shape index (κ2) is 12.6. The highest BCUT2D eigenvalue weighted by atomic mass is 16.3. The van der Waals surface area contributed by atoms with Gasteiger partial charge in [0.2, 0.25) is 0 Å². The van der Waals surface area contributed by atoms with E-state index in [1.54, 1.807) is 0 Å². The molecule has 4 aromatic carbocycles. The Morgan fingerprint density at radius 3 is 1.76 bits per heavy atom. The van der Waals surface area contributed by atoms with Crippen molar-refractivity contribution in [3.05, 3.63) is 144 Å². The molecule has 0 unspecified atom stereocenters. The normalized spacial score (nSPS) is 12.5. The van der Waals surface area contributed by atoms with Gasteiger partial charge in [-0.15, -0.1) is 0 Å². The Bertz CT molecular complexity index is 1160. The fourth-order valence-electron chi connectivity index (χ4n) is 4.27. The van der Waals surface area contributed by atoms with E-state index in [4.69, 9.17) is 0 Å². The Labute approximate surface area is 203 Å². The molecule has 0 aliphatic rings. The van der Waals surface area contributed by atoms with Crippen LogP contribution in [0.5, 0.6) is 0 Å². The van der Waals surface area contributed by atoms with Gasteiger partial charge in [-0.3, -0.25) is 4.90 Å². The lowest BCUT2D eigenvalue weighted by molar-refractivity contribution is 0.0921. The first-order valence-corrected chi connectivity index (χ1v) is 11.9. The first-order valence-electron chi connectivity index (χ1n) is 11.9. The van der Waals surface area contributed by atoms with Crippen molar-refractivity contribution in [1.82, 2.24) is 4.90 Å². The van der Waals surface area contributed by atoms with Crippen molar-refractivity contribution in [3.63, 3.8) is 0 Å². The molecule has 2 atom stereocenters. The Morgan fingerprint density at radius 1 is 0.647 bits per heavy atom. The van der Waals surface area contributed by atoms with Crippen molar-refractivity contribution in [3.8, 4) is 11.8 Å². The number of benzene rings is 4. The maximum Gasteiger partial charge on any atom is 0.0730 e. The minimum atomic E-state index is -0.146. The monoisotopic (exact) mass is 445 g/mol. The van der Waals surface area contributed by atoms with Crippen molar-refractivity contribution in [2.45, 2.75) is 31.5 Å². The van der Waals surface area contributed by atoms with Crippen LogP contribution in [-0.4, -0.2) is 22.7 Å². The number of hydrogen-bond acceptors (Lipinski definition) is 2. The fraction of sp³-hybridized carbons (Fsp3) is 0.188. The summed E-state index contributed by atoms with van der Waals surface area (Å²) in [5, 5.41) is 10.6. The molecule has 0 saturated heterocycles. The van der Waals surface area contributed by atoms with Crippen LogP contribution in [0.4, 0.5) is 0 Å². The van der Waals surface area contributed by atoms with E-state index >= 15 is 0 Å². The van der Waals surface area contributed by atoms with E-state index in [0.29, 0.717) is 6.54 Å². The third kappa shape index (κ3) is 6.68. The van der Waals surface area contributed by atoms with E-state index in [0.717, 1.165) is 24.0 Å². The van der Waals surface area contributed by atoms with E-state index < -0.39 is 0 Å². The molecule has 4 aromatic rings. The van der Waals surface area contributed by atoms with Crippen LogP contribution in [0.1, 0.15) is 34.7 Å². The molecule has 0 aliphatic heterocycles. The Balaban J connectivity index is 1.71. The fourth-order valence-corrected chi connectivity index (χ4v) is 4.27. The molecule has 4 rings (SSSR count). The smallest absolute Gasteiger partial charge is 0.0730 e. The molecule has 2 heteroatoms. The molecule has 1 N–H and O–H groups in total. The summed E-state index contributed by atoms with van der Waals surface area (Å²) < 4.78 is 0. The summed E-state index contributed by atoms with van der Waals surface area (Å²) in [6.45, 7) is 0.746. The predicted octanol–water partition coefficient (Wildman–Crippen LogP) is 6.28. The average Bonchev–Trinajstić information content (AvgIpc) is 2.91. The van der Waals surface area contributed by atoms with Crippen LogP contribution in [0.25, 0.3) is 0 Å². The number of nitrogens with zero attached hydrogens (tertiary/aromatic N) is 1. The van der Waals surface area contributed by atoms with Gasteiger partial charge in [0.25, 0.3) is 0 Å². The standard InChI is InChI=1S/C32H31NO/c34-26-32(30-19-11-4-12-20-30)33(25-29-17-9-3-10-18-29)31(23-21-27-13-5-1-6-14-27)24-22-28-15-7-2-8-16-28/h1-20,31-32,34H,21,23,25-26H2/t31-,32+/m1/s1. The minimum Gasteiger partial charge on any atom is -0.394 e. The molecule has 0 saturated carbocycles. The zero-order valence-electron chi connectivity index (χ0n) is 19.4.